The van der Waals surface area contributed by atoms with Crippen LogP contribution < -0.4 is 10.9 Å². The van der Waals surface area contributed by atoms with Crippen molar-refractivity contribution in [2.45, 2.75) is 5.16 Å². The lowest BCUT2D eigenvalue weighted by atomic mass is 10.2. The average molecular weight is 458 g/mol. The van der Waals surface area contributed by atoms with Crippen LogP contribution in [0.1, 0.15) is 0 Å². The minimum atomic E-state index is -0.748. The maximum absolute atomic E-state index is 13.8. The summed E-state index contributed by atoms with van der Waals surface area (Å²) in [5.74, 6) is -2.16. The van der Waals surface area contributed by atoms with E-state index in [-0.39, 0.29) is 22.2 Å². The summed E-state index contributed by atoms with van der Waals surface area (Å²) in [7, 11) is 0. The van der Waals surface area contributed by atoms with Gasteiger partial charge in [0, 0.05) is 11.1 Å². The summed E-state index contributed by atoms with van der Waals surface area (Å²) in [6.07, 6.45) is 0. The number of nitrogens with one attached hydrogen (secondary N) is 1. The van der Waals surface area contributed by atoms with Gasteiger partial charge in [0.05, 0.1) is 28.0 Å². The molecule has 4 aromatic rings. The first-order valence-corrected chi connectivity index (χ1v) is 10.4. The third-order valence-electron chi connectivity index (χ3n) is 4.36. The maximum Gasteiger partial charge on any atom is 0.266 e. The molecule has 3 aromatic carbocycles. The highest BCUT2D eigenvalue weighted by atomic mass is 35.5. The second-order valence-electron chi connectivity index (χ2n) is 6.49. The summed E-state index contributed by atoms with van der Waals surface area (Å²) in [6.45, 7) is 0. The monoisotopic (exact) mass is 457 g/mol. The predicted octanol–water partition coefficient (Wildman–Crippen LogP) is 5.05. The fourth-order valence-corrected chi connectivity index (χ4v) is 3.88. The molecule has 1 N–H and O–H groups in total. The molecule has 1 amide bonds. The van der Waals surface area contributed by atoms with Gasteiger partial charge in [-0.3, -0.25) is 14.2 Å². The van der Waals surface area contributed by atoms with Gasteiger partial charge in [0.1, 0.15) is 11.6 Å². The summed E-state index contributed by atoms with van der Waals surface area (Å²) in [5.41, 5.74) is 0.461. The van der Waals surface area contributed by atoms with Crippen LogP contribution in [-0.2, 0) is 4.79 Å². The van der Waals surface area contributed by atoms with Gasteiger partial charge < -0.3 is 5.32 Å². The number of carbonyl (C=O) groups is 1. The first-order valence-electron chi connectivity index (χ1n) is 9.08. The Hall–Kier alpha value is -3.23. The molecule has 0 atom stereocenters. The topological polar surface area (TPSA) is 64.0 Å². The first kappa shape index (κ1) is 21.0. The molecule has 0 saturated carbocycles. The van der Waals surface area contributed by atoms with Gasteiger partial charge in [-0.25, -0.2) is 13.8 Å². The number of fused-ring (bicyclic) bond motifs is 1. The van der Waals surface area contributed by atoms with Crippen molar-refractivity contribution >= 4 is 45.9 Å². The fourth-order valence-electron chi connectivity index (χ4n) is 2.94. The molecule has 0 aliphatic heterocycles. The SMILES string of the molecule is O=C(CSc1nc2ccccc2c(=O)n1-c1ccc(Cl)cc1)Nc1cc(F)ccc1F. The van der Waals surface area contributed by atoms with Gasteiger partial charge in [-0.2, -0.15) is 0 Å². The van der Waals surface area contributed by atoms with Gasteiger partial charge in [-0.05, 0) is 48.5 Å². The van der Waals surface area contributed by atoms with Crippen molar-refractivity contribution in [1.82, 2.24) is 9.55 Å². The third kappa shape index (κ3) is 4.60. The summed E-state index contributed by atoms with van der Waals surface area (Å²) in [5, 5.41) is 3.55. The highest BCUT2D eigenvalue weighted by molar-refractivity contribution is 7.99. The maximum atomic E-state index is 13.8. The lowest BCUT2D eigenvalue weighted by Crippen LogP contribution is -2.23. The Bertz CT molecular complexity index is 1340. The third-order valence-corrected chi connectivity index (χ3v) is 5.56. The molecule has 0 fully saturated rings. The Morgan fingerprint density at radius 2 is 1.81 bits per heavy atom. The molecule has 0 aliphatic carbocycles. The summed E-state index contributed by atoms with van der Waals surface area (Å²) >= 11 is 6.96. The zero-order valence-corrected chi connectivity index (χ0v) is 17.4. The van der Waals surface area contributed by atoms with Crippen molar-refractivity contribution in [2.75, 3.05) is 11.1 Å². The van der Waals surface area contributed by atoms with E-state index in [1.807, 2.05) is 0 Å². The molecule has 5 nitrogen and oxygen atoms in total. The second kappa shape index (κ2) is 8.87. The van der Waals surface area contributed by atoms with Gasteiger partial charge >= 0.3 is 0 Å². The van der Waals surface area contributed by atoms with E-state index in [9.17, 15) is 18.4 Å². The van der Waals surface area contributed by atoms with Crippen LogP contribution in [0.5, 0.6) is 0 Å². The van der Waals surface area contributed by atoms with Crippen molar-refractivity contribution in [1.29, 1.82) is 0 Å². The molecule has 1 aromatic heterocycles. The van der Waals surface area contributed by atoms with Crippen molar-refractivity contribution in [2.24, 2.45) is 0 Å². The van der Waals surface area contributed by atoms with Gasteiger partial charge in [-0.1, -0.05) is 35.5 Å². The number of nitrogens with zero attached hydrogens (tertiary/aromatic N) is 2. The summed E-state index contributed by atoms with van der Waals surface area (Å²) in [4.78, 5) is 30.0. The highest BCUT2D eigenvalue weighted by Crippen LogP contribution is 2.23. The molecule has 0 unspecified atom stereocenters. The van der Waals surface area contributed by atoms with E-state index in [0.29, 0.717) is 21.6 Å². The van der Waals surface area contributed by atoms with Crippen LogP contribution >= 0.6 is 23.4 Å². The number of benzene rings is 3. The summed E-state index contributed by atoms with van der Waals surface area (Å²) < 4.78 is 28.5. The van der Waals surface area contributed by atoms with Crippen LogP contribution in [0.3, 0.4) is 0 Å². The van der Waals surface area contributed by atoms with Crippen LogP contribution in [0.4, 0.5) is 14.5 Å². The minimum Gasteiger partial charge on any atom is -0.323 e. The Morgan fingerprint density at radius 1 is 1.06 bits per heavy atom. The highest BCUT2D eigenvalue weighted by Gasteiger charge is 2.16. The lowest BCUT2D eigenvalue weighted by molar-refractivity contribution is -0.113. The van der Waals surface area contributed by atoms with Gasteiger partial charge in [0.15, 0.2) is 5.16 Å². The zero-order valence-electron chi connectivity index (χ0n) is 15.8. The Morgan fingerprint density at radius 3 is 2.58 bits per heavy atom. The van der Waals surface area contributed by atoms with Crippen molar-refractivity contribution < 1.29 is 13.6 Å². The fraction of sp³-hybridized carbons (Fsp3) is 0.0455. The molecule has 0 bridgehead atoms. The lowest BCUT2D eigenvalue weighted by Gasteiger charge is -2.13. The molecule has 156 valence electrons. The molecular formula is C22H14ClF2N3O2S. The Kier molecular flexibility index (Phi) is 6.01. The number of aromatic nitrogens is 2. The van der Waals surface area contributed by atoms with E-state index >= 15 is 0 Å². The van der Waals surface area contributed by atoms with E-state index < -0.39 is 17.5 Å². The van der Waals surface area contributed by atoms with Crippen LogP contribution in [0.25, 0.3) is 16.6 Å². The normalized spacial score (nSPS) is 10.9. The van der Waals surface area contributed by atoms with Gasteiger partial charge in [-0.15, -0.1) is 0 Å². The van der Waals surface area contributed by atoms with Crippen molar-refractivity contribution in [3.8, 4) is 5.69 Å². The van der Waals surface area contributed by atoms with Crippen LogP contribution in [-0.4, -0.2) is 21.2 Å². The molecular weight excluding hydrogens is 444 g/mol. The van der Waals surface area contributed by atoms with E-state index in [1.54, 1.807) is 48.5 Å². The van der Waals surface area contributed by atoms with Crippen molar-refractivity contribution in [3.05, 3.63) is 93.7 Å². The smallest absolute Gasteiger partial charge is 0.266 e. The number of hydrogen-bond donors (Lipinski definition) is 1. The molecule has 0 radical (unpaired) electrons. The molecule has 31 heavy (non-hydrogen) atoms. The van der Waals surface area contributed by atoms with E-state index in [2.05, 4.69) is 10.3 Å². The molecule has 0 aliphatic rings. The Labute approximate surface area is 184 Å². The van der Waals surface area contributed by atoms with E-state index in [4.69, 9.17) is 11.6 Å². The number of halogens is 3. The molecule has 9 heteroatoms. The number of hydrogen-bond acceptors (Lipinski definition) is 4. The van der Waals surface area contributed by atoms with Gasteiger partial charge in [0.25, 0.3) is 5.56 Å². The first-order chi connectivity index (χ1) is 14.9. The standard InChI is InChI=1S/C22H14ClF2N3O2S/c23-13-5-8-15(9-6-13)28-21(30)16-3-1-2-4-18(16)27-22(28)31-12-20(29)26-19-11-14(24)7-10-17(19)25/h1-11H,12H2,(H,26,29). The number of para-hydroxylation sites is 1. The second-order valence-corrected chi connectivity index (χ2v) is 7.87. The van der Waals surface area contributed by atoms with Crippen LogP contribution in [0, 0.1) is 11.6 Å². The number of anilines is 1. The zero-order chi connectivity index (χ0) is 22.0. The van der Waals surface area contributed by atoms with Crippen molar-refractivity contribution in [3.63, 3.8) is 0 Å². The minimum absolute atomic E-state index is 0.172. The number of rotatable bonds is 5. The molecule has 4 rings (SSSR count). The largest absolute Gasteiger partial charge is 0.323 e. The Balaban J connectivity index is 1.67. The van der Waals surface area contributed by atoms with E-state index in [1.165, 1.54) is 4.57 Å². The average Bonchev–Trinajstić information content (AvgIpc) is 2.76. The molecule has 0 spiro atoms. The quantitative estimate of drug-likeness (QED) is 0.336. The van der Waals surface area contributed by atoms with Crippen LogP contribution in [0.2, 0.25) is 5.02 Å². The van der Waals surface area contributed by atoms with E-state index in [0.717, 1.165) is 30.0 Å². The van der Waals surface area contributed by atoms with Crippen LogP contribution in [0.15, 0.2) is 76.7 Å². The molecule has 1 heterocycles. The number of carbonyl (C=O) groups excluding carboxylic acids is 1. The summed E-state index contributed by atoms with van der Waals surface area (Å²) in [6, 6.07) is 16.3. The number of thioether (sulfide) groups is 1. The van der Waals surface area contributed by atoms with Gasteiger partial charge in [0.2, 0.25) is 5.91 Å². The predicted molar refractivity (Wildman–Crippen MR) is 118 cm³/mol. The molecule has 0 saturated heterocycles. The number of amides is 1.